The first-order valence-electron chi connectivity index (χ1n) is 7.39. The molecule has 0 amide bonds. The predicted molar refractivity (Wildman–Crippen MR) is 81.8 cm³/mol. The summed E-state index contributed by atoms with van der Waals surface area (Å²) in [6.07, 6.45) is 2.49. The largest absolute Gasteiger partial charge is 0.334 e. The Hall–Kier alpha value is -1.96. The molecule has 2 aromatic rings. The molecule has 0 atom stereocenters. The van der Waals surface area contributed by atoms with Crippen molar-refractivity contribution in [2.24, 2.45) is 0 Å². The lowest BCUT2D eigenvalue weighted by atomic mass is 10.0. The van der Waals surface area contributed by atoms with E-state index in [1.54, 1.807) is 11.5 Å². The topological polar surface area (TPSA) is 55.2 Å². The molecule has 0 unspecified atom stereocenters. The number of hydrogen-bond donors (Lipinski definition) is 0. The zero-order valence-corrected chi connectivity index (χ0v) is 13.7. The molecule has 0 spiro atoms. The molecule has 0 N–H and O–H groups in total. The van der Waals surface area contributed by atoms with Gasteiger partial charge in [-0.3, -0.25) is 4.31 Å². The van der Waals surface area contributed by atoms with Crippen LogP contribution < -0.4 is 4.31 Å². The number of imidazole rings is 1. The lowest BCUT2D eigenvalue weighted by molar-refractivity contribution is 0.503. The molecule has 0 bridgehead atoms. The number of aromatic nitrogens is 2. The standard InChI is InChI=1S/C15H17F2N3O2S/c1-3-19-9-13(18-10(19)2)23(21,22)20-8-4-5-11-6-7-12(16)14(17)15(11)20/h6-7,9H,3-5,8H2,1-2H3. The highest BCUT2D eigenvalue weighted by Crippen LogP contribution is 2.35. The van der Waals surface area contributed by atoms with Crippen LogP contribution in [-0.4, -0.2) is 24.5 Å². The fraction of sp³-hybridized carbons (Fsp3) is 0.400. The summed E-state index contributed by atoms with van der Waals surface area (Å²) in [5.74, 6) is -1.62. The first-order chi connectivity index (χ1) is 10.9. The van der Waals surface area contributed by atoms with Gasteiger partial charge in [0.05, 0.1) is 5.69 Å². The SMILES string of the molecule is CCn1cc(S(=O)(=O)N2CCCc3ccc(F)c(F)c32)nc1C. The van der Waals surface area contributed by atoms with E-state index in [1.165, 1.54) is 12.3 Å². The zero-order valence-electron chi connectivity index (χ0n) is 12.9. The smallest absolute Gasteiger partial charge is 0.283 e. The van der Waals surface area contributed by atoms with Gasteiger partial charge in [-0.15, -0.1) is 0 Å². The summed E-state index contributed by atoms with van der Waals surface area (Å²) in [4.78, 5) is 4.07. The van der Waals surface area contributed by atoms with Gasteiger partial charge >= 0.3 is 0 Å². The molecule has 3 rings (SSSR count). The average Bonchev–Trinajstić information content (AvgIpc) is 2.92. The van der Waals surface area contributed by atoms with Crippen molar-refractivity contribution in [3.05, 3.63) is 41.4 Å². The van der Waals surface area contributed by atoms with E-state index in [0.29, 0.717) is 30.8 Å². The van der Waals surface area contributed by atoms with Gasteiger partial charge in [-0.2, -0.15) is 8.42 Å². The summed E-state index contributed by atoms with van der Waals surface area (Å²) < 4.78 is 56.1. The summed E-state index contributed by atoms with van der Waals surface area (Å²) in [7, 11) is -4.03. The Balaban J connectivity index is 2.14. The van der Waals surface area contributed by atoms with Crippen LogP contribution in [0.4, 0.5) is 14.5 Å². The highest BCUT2D eigenvalue weighted by Gasteiger charge is 2.34. The van der Waals surface area contributed by atoms with Gasteiger partial charge in [-0.1, -0.05) is 6.07 Å². The van der Waals surface area contributed by atoms with Crippen molar-refractivity contribution < 1.29 is 17.2 Å². The first-order valence-corrected chi connectivity index (χ1v) is 8.83. The van der Waals surface area contributed by atoms with Crippen molar-refractivity contribution in [2.45, 2.75) is 38.3 Å². The predicted octanol–water partition coefficient (Wildman–Crippen LogP) is 2.63. The Morgan fingerprint density at radius 2 is 2.04 bits per heavy atom. The van der Waals surface area contributed by atoms with Gasteiger partial charge in [-0.05, 0) is 38.3 Å². The second-order valence-electron chi connectivity index (χ2n) is 5.46. The van der Waals surface area contributed by atoms with Gasteiger partial charge in [0.15, 0.2) is 16.7 Å². The number of halogens is 2. The van der Waals surface area contributed by atoms with E-state index < -0.39 is 21.7 Å². The number of fused-ring (bicyclic) bond motifs is 1. The minimum atomic E-state index is -4.03. The number of hydrogen-bond acceptors (Lipinski definition) is 3. The van der Waals surface area contributed by atoms with Crippen molar-refractivity contribution in [2.75, 3.05) is 10.8 Å². The minimum Gasteiger partial charge on any atom is -0.334 e. The van der Waals surface area contributed by atoms with Crippen LogP contribution in [0.25, 0.3) is 0 Å². The van der Waals surface area contributed by atoms with E-state index in [-0.39, 0.29) is 17.3 Å². The zero-order chi connectivity index (χ0) is 16.8. The summed E-state index contributed by atoms with van der Waals surface area (Å²) in [5.41, 5.74) is 0.297. The number of nitrogens with zero attached hydrogens (tertiary/aromatic N) is 3. The van der Waals surface area contributed by atoms with Gasteiger partial charge in [-0.25, -0.2) is 13.8 Å². The second-order valence-corrected chi connectivity index (χ2v) is 7.27. The van der Waals surface area contributed by atoms with Gasteiger partial charge < -0.3 is 4.57 Å². The fourth-order valence-electron chi connectivity index (χ4n) is 2.85. The highest BCUT2D eigenvalue weighted by molar-refractivity contribution is 7.92. The number of rotatable bonds is 3. The second kappa shape index (κ2) is 5.59. The molecule has 0 saturated carbocycles. The van der Waals surface area contributed by atoms with Crippen molar-refractivity contribution in [1.82, 2.24) is 9.55 Å². The molecule has 1 aromatic heterocycles. The van der Waals surface area contributed by atoms with Crippen LogP contribution in [0.5, 0.6) is 0 Å². The molecule has 23 heavy (non-hydrogen) atoms. The third-order valence-corrected chi connectivity index (χ3v) is 5.73. The Morgan fingerprint density at radius 1 is 1.30 bits per heavy atom. The van der Waals surface area contributed by atoms with Crippen molar-refractivity contribution in [3.63, 3.8) is 0 Å². The van der Waals surface area contributed by atoms with Crippen LogP contribution in [0.2, 0.25) is 0 Å². The van der Waals surface area contributed by atoms with E-state index in [9.17, 15) is 17.2 Å². The number of benzene rings is 1. The maximum atomic E-state index is 14.2. The van der Waals surface area contributed by atoms with Crippen LogP contribution >= 0.6 is 0 Å². The normalized spacial score (nSPS) is 14.9. The third kappa shape index (κ3) is 2.50. The summed E-state index contributed by atoms with van der Waals surface area (Å²) >= 11 is 0. The van der Waals surface area contributed by atoms with Crippen LogP contribution in [0.1, 0.15) is 24.7 Å². The minimum absolute atomic E-state index is 0.105. The lowest BCUT2D eigenvalue weighted by Gasteiger charge is -2.30. The van der Waals surface area contributed by atoms with Crippen molar-refractivity contribution in [1.29, 1.82) is 0 Å². The van der Waals surface area contributed by atoms with Gasteiger partial charge in [0.2, 0.25) is 0 Å². The van der Waals surface area contributed by atoms with Crippen LogP contribution in [-0.2, 0) is 23.0 Å². The van der Waals surface area contributed by atoms with E-state index in [0.717, 1.165) is 10.4 Å². The molecule has 0 aliphatic carbocycles. The average molecular weight is 341 g/mol. The van der Waals surface area contributed by atoms with Crippen molar-refractivity contribution >= 4 is 15.7 Å². The maximum Gasteiger partial charge on any atom is 0.283 e. The number of aryl methyl sites for hydroxylation is 3. The molecule has 0 saturated heterocycles. The molecule has 8 heteroatoms. The number of sulfonamides is 1. The summed E-state index contributed by atoms with van der Waals surface area (Å²) in [5, 5.41) is -0.145. The Morgan fingerprint density at radius 3 is 2.70 bits per heavy atom. The Bertz CT molecular complexity index is 862. The van der Waals surface area contributed by atoms with E-state index in [1.807, 2.05) is 6.92 Å². The van der Waals surface area contributed by atoms with Crippen LogP contribution in [0.15, 0.2) is 23.4 Å². The van der Waals surface area contributed by atoms with E-state index in [2.05, 4.69) is 4.98 Å². The van der Waals surface area contributed by atoms with Gasteiger partial charge in [0.1, 0.15) is 5.82 Å². The van der Waals surface area contributed by atoms with Gasteiger partial charge in [0.25, 0.3) is 10.0 Å². The molecule has 1 aliphatic heterocycles. The summed E-state index contributed by atoms with van der Waals surface area (Å²) in [6.45, 7) is 4.25. The molecule has 0 fully saturated rings. The molecule has 124 valence electrons. The fourth-order valence-corrected chi connectivity index (χ4v) is 4.39. The van der Waals surface area contributed by atoms with Crippen LogP contribution in [0.3, 0.4) is 0 Å². The van der Waals surface area contributed by atoms with Gasteiger partial charge in [0, 0.05) is 19.3 Å². The summed E-state index contributed by atoms with van der Waals surface area (Å²) in [6, 6.07) is 2.46. The lowest BCUT2D eigenvalue weighted by Crippen LogP contribution is -2.36. The van der Waals surface area contributed by atoms with E-state index in [4.69, 9.17) is 0 Å². The molecule has 2 heterocycles. The molecular weight excluding hydrogens is 324 g/mol. The molecule has 0 radical (unpaired) electrons. The molecule has 5 nitrogen and oxygen atoms in total. The highest BCUT2D eigenvalue weighted by atomic mass is 32.2. The molecule has 1 aromatic carbocycles. The quantitative estimate of drug-likeness (QED) is 0.862. The Kier molecular flexibility index (Phi) is 3.87. The third-order valence-electron chi connectivity index (χ3n) is 4.06. The maximum absolute atomic E-state index is 14.2. The monoisotopic (exact) mass is 341 g/mol. The molecule has 1 aliphatic rings. The molecular formula is C15H17F2N3O2S. The Labute approximate surface area is 133 Å². The van der Waals surface area contributed by atoms with E-state index >= 15 is 0 Å². The number of anilines is 1. The van der Waals surface area contributed by atoms with Crippen molar-refractivity contribution in [3.8, 4) is 0 Å². The first kappa shape index (κ1) is 15.9. The van der Waals surface area contributed by atoms with Crippen LogP contribution in [0, 0.1) is 18.6 Å².